The molecule has 6 N–H and O–H groups in total. The van der Waals surface area contributed by atoms with E-state index in [2.05, 4.69) is 20.0 Å². The van der Waals surface area contributed by atoms with Crippen molar-refractivity contribution >= 4 is 27.5 Å². The van der Waals surface area contributed by atoms with E-state index >= 15 is 0 Å². The van der Waals surface area contributed by atoms with Crippen LogP contribution in [0.25, 0.3) is 0 Å². The monoisotopic (exact) mass is 403 g/mol. The number of urea groups is 1. The normalized spacial score (nSPS) is 20.5. The van der Waals surface area contributed by atoms with Gasteiger partial charge in [-0.3, -0.25) is 9.98 Å². The minimum atomic E-state index is -3.53. The Morgan fingerprint density at radius 2 is 1.82 bits per heavy atom. The van der Waals surface area contributed by atoms with Crippen LogP contribution in [0.2, 0.25) is 0 Å². The lowest BCUT2D eigenvalue weighted by Gasteiger charge is -2.18. The van der Waals surface area contributed by atoms with E-state index in [0.29, 0.717) is 18.9 Å². The van der Waals surface area contributed by atoms with Crippen LogP contribution in [0.5, 0.6) is 0 Å². The first kappa shape index (κ1) is 18.9. The van der Waals surface area contributed by atoms with E-state index in [9.17, 15) is 9.00 Å². The van der Waals surface area contributed by atoms with Crippen molar-refractivity contribution in [2.75, 3.05) is 18.4 Å². The summed E-state index contributed by atoms with van der Waals surface area (Å²) in [7, 11) is -3.53. The molecule has 1 atom stereocenters. The molecule has 1 aromatic rings. The molecule has 10 heteroatoms. The van der Waals surface area contributed by atoms with Crippen molar-refractivity contribution in [2.45, 2.75) is 44.9 Å². The number of carbonyl (C=O) groups excluding carboxylic acids is 1. The van der Waals surface area contributed by atoms with Crippen LogP contribution in [0.3, 0.4) is 0 Å². The van der Waals surface area contributed by atoms with Gasteiger partial charge in [0.05, 0.1) is 5.69 Å². The van der Waals surface area contributed by atoms with Crippen LogP contribution in [0.1, 0.15) is 41.8 Å². The van der Waals surface area contributed by atoms with Crippen molar-refractivity contribution in [1.29, 1.82) is 0 Å². The summed E-state index contributed by atoms with van der Waals surface area (Å²) in [6.45, 7) is 1.25. The van der Waals surface area contributed by atoms with Crippen molar-refractivity contribution in [3.05, 3.63) is 33.6 Å². The number of nitrogens with zero attached hydrogens (tertiary/aromatic N) is 3. The third-order valence-corrected chi connectivity index (χ3v) is 6.70. The van der Waals surface area contributed by atoms with Crippen molar-refractivity contribution in [2.24, 2.45) is 20.2 Å². The Balaban J connectivity index is 1.64. The number of rotatable bonds is 3. The lowest BCUT2D eigenvalue weighted by atomic mass is 10.1. The first-order valence-electron chi connectivity index (χ1n) is 9.59. The number of amidine groups is 1. The van der Waals surface area contributed by atoms with Crippen molar-refractivity contribution < 1.29 is 9.00 Å². The van der Waals surface area contributed by atoms with Gasteiger partial charge >= 0.3 is 6.03 Å². The van der Waals surface area contributed by atoms with Gasteiger partial charge in [0.25, 0.3) is 0 Å². The number of hydrogen-bond acceptors (Lipinski definition) is 6. The van der Waals surface area contributed by atoms with Crippen LogP contribution in [-0.4, -0.2) is 34.1 Å². The summed E-state index contributed by atoms with van der Waals surface area (Å²) < 4.78 is 16.7. The average Bonchev–Trinajstić information content (AvgIpc) is 3.31. The van der Waals surface area contributed by atoms with E-state index in [1.54, 1.807) is 0 Å². The van der Waals surface area contributed by atoms with Gasteiger partial charge in [-0.15, -0.1) is 4.36 Å². The Kier molecular flexibility index (Phi) is 5.07. The molecule has 0 saturated carbocycles. The van der Waals surface area contributed by atoms with Gasteiger partial charge in [-0.2, -0.15) is 0 Å². The minimum absolute atomic E-state index is 0.0486. The number of fused-ring (bicyclic) bond motifs is 2. The lowest BCUT2D eigenvalue weighted by Crippen LogP contribution is -2.36. The van der Waals surface area contributed by atoms with E-state index in [1.807, 2.05) is 0 Å². The molecule has 1 aromatic heterocycles. The molecule has 2 amide bonds. The number of aliphatic imine (C=N–C) groups is 1. The third-order valence-electron chi connectivity index (χ3n) is 5.30. The fourth-order valence-corrected chi connectivity index (χ4v) is 5.05. The standard InChI is InChI=1S/C18H25N7O2S/c19-10-15(17-21-8-3-9-22-17)28(20,27)25-18(26)24-16-11-4-1-6-13(11)23-14-7-2-5-12(14)16/h10H,1-9,19H2,(H,21,22)(H3,20,23,24,25,26,27)/b15-10+. The Morgan fingerprint density at radius 1 is 1.14 bits per heavy atom. The van der Waals surface area contributed by atoms with Gasteiger partial charge in [0.15, 0.2) is 0 Å². The molecule has 150 valence electrons. The summed E-state index contributed by atoms with van der Waals surface area (Å²) in [5, 5.41) is 11.8. The smallest absolute Gasteiger partial charge is 0.354 e. The molecule has 0 fully saturated rings. The summed E-state index contributed by atoms with van der Waals surface area (Å²) >= 11 is 0. The summed E-state index contributed by atoms with van der Waals surface area (Å²) in [5.41, 5.74) is 10.6. The largest absolute Gasteiger partial charge is 0.403 e. The van der Waals surface area contributed by atoms with E-state index in [-0.39, 0.29) is 4.91 Å². The highest BCUT2D eigenvalue weighted by atomic mass is 32.2. The Morgan fingerprint density at radius 3 is 2.39 bits per heavy atom. The SMILES string of the molecule is N/C=C(\C1=NCCCN1)S(N)(=O)=NC(=O)Nc1c2c(nc3c1CCC3)CCC2. The molecule has 3 aliphatic rings. The van der Waals surface area contributed by atoms with Gasteiger partial charge in [0.1, 0.15) is 20.7 Å². The summed E-state index contributed by atoms with van der Waals surface area (Å²) in [5.74, 6) is 0.337. The van der Waals surface area contributed by atoms with Gasteiger partial charge in [-0.1, -0.05) is 0 Å². The molecule has 0 aromatic carbocycles. The van der Waals surface area contributed by atoms with E-state index in [0.717, 1.165) is 79.3 Å². The highest BCUT2D eigenvalue weighted by molar-refractivity contribution is 7.96. The molecule has 0 saturated heterocycles. The molecule has 0 spiro atoms. The van der Waals surface area contributed by atoms with Crippen LogP contribution in [0.15, 0.2) is 20.5 Å². The molecule has 28 heavy (non-hydrogen) atoms. The van der Waals surface area contributed by atoms with Gasteiger partial charge in [0.2, 0.25) is 0 Å². The van der Waals surface area contributed by atoms with Crippen molar-refractivity contribution in [3.8, 4) is 0 Å². The highest BCUT2D eigenvalue weighted by Gasteiger charge is 2.27. The molecule has 4 rings (SSSR count). The predicted octanol–water partition coefficient (Wildman–Crippen LogP) is 1.12. The van der Waals surface area contributed by atoms with Crippen LogP contribution in [-0.2, 0) is 35.6 Å². The van der Waals surface area contributed by atoms with Crippen LogP contribution < -0.4 is 21.5 Å². The first-order valence-corrected chi connectivity index (χ1v) is 11.2. The van der Waals surface area contributed by atoms with Crippen molar-refractivity contribution in [3.63, 3.8) is 0 Å². The molecule has 0 bridgehead atoms. The zero-order valence-corrected chi connectivity index (χ0v) is 16.5. The molecular formula is C18H25N7O2S. The molecule has 0 radical (unpaired) electrons. The number of hydrogen-bond donors (Lipinski definition) is 4. The fourth-order valence-electron chi connectivity index (χ4n) is 4.05. The van der Waals surface area contributed by atoms with Gasteiger partial charge in [-0.25, -0.2) is 14.1 Å². The van der Waals surface area contributed by atoms with E-state index in [1.165, 1.54) is 0 Å². The molecular weight excluding hydrogens is 378 g/mol. The Labute approximate surface area is 164 Å². The minimum Gasteiger partial charge on any atom is -0.403 e. The molecule has 1 unspecified atom stereocenters. The van der Waals surface area contributed by atoms with Crippen LogP contribution >= 0.6 is 0 Å². The molecule has 9 nitrogen and oxygen atoms in total. The number of anilines is 1. The number of aryl methyl sites for hydroxylation is 2. The highest BCUT2D eigenvalue weighted by Crippen LogP contribution is 2.36. The van der Waals surface area contributed by atoms with Crippen molar-refractivity contribution in [1.82, 2.24) is 10.3 Å². The van der Waals surface area contributed by atoms with E-state index in [4.69, 9.17) is 15.9 Å². The Hall–Kier alpha value is -2.46. The number of carbonyl (C=O) groups is 1. The molecule has 2 aliphatic carbocycles. The van der Waals surface area contributed by atoms with Gasteiger partial charge in [-0.05, 0) is 56.1 Å². The number of amides is 2. The summed E-state index contributed by atoms with van der Waals surface area (Å²) in [6.07, 6.45) is 7.59. The fraction of sp³-hybridized carbons (Fsp3) is 0.500. The molecule has 2 heterocycles. The second-order valence-electron chi connectivity index (χ2n) is 7.18. The summed E-state index contributed by atoms with van der Waals surface area (Å²) in [4.78, 5) is 21.7. The van der Waals surface area contributed by atoms with Gasteiger partial charge in [0, 0.05) is 30.7 Å². The predicted molar refractivity (Wildman–Crippen MR) is 109 cm³/mol. The Bertz CT molecular complexity index is 973. The number of pyridine rings is 1. The zero-order valence-electron chi connectivity index (χ0n) is 15.7. The average molecular weight is 404 g/mol. The maximum atomic E-state index is 13.0. The third kappa shape index (κ3) is 3.49. The number of nitrogens with one attached hydrogen (secondary N) is 2. The quantitative estimate of drug-likeness (QED) is 0.597. The first-order chi connectivity index (χ1) is 13.5. The second kappa shape index (κ2) is 7.51. The topological polar surface area (TPSA) is 148 Å². The van der Waals surface area contributed by atoms with Crippen LogP contribution in [0, 0.1) is 0 Å². The maximum absolute atomic E-state index is 13.0. The lowest BCUT2D eigenvalue weighted by molar-refractivity contribution is 0.260. The zero-order chi connectivity index (χ0) is 19.7. The van der Waals surface area contributed by atoms with Gasteiger partial charge < -0.3 is 16.4 Å². The number of aromatic nitrogens is 1. The molecule has 1 aliphatic heterocycles. The van der Waals surface area contributed by atoms with Crippen LogP contribution in [0.4, 0.5) is 10.5 Å². The van der Waals surface area contributed by atoms with E-state index < -0.39 is 15.9 Å². The number of nitrogens with two attached hydrogens (primary N) is 2. The maximum Gasteiger partial charge on any atom is 0.354 e. The second-order valence-corrected chi connectivity index (χ2v) is 8.94. The summed E-state index contributed by atoms with van der Waals surface area (Å²) in [6, 6.07) is -0.738.